The third-order valence-corrected chi connectivity index (χ3v) is 3.39. The number of rotatable bonds is 5. The molecular formula is C11H19N3O2. The molecule has 0 radical (unpaired) electrons. The van der Waals surface area contributed by atoms with E-state index in [0.29, 0.717) is 18.1 Å². The maximum atomic E-state index is 5.84. The van der Waals surface area contributed by atoms with Crippen LogP contribution in [-0.2, 0) is 16.8 Å². The minimum atomic E-state index is -0.294. The lowest BCUT2D eigenvalue weighted by atomic mass is 9.79. The Hall–Kier alpha value is -0.940. The van der Waals surface area contributed by atoms with Gasteiger partial charge in [-0.15, -0.1) is 0 Å². The molecule has 1 aromatic heterocycles. The third kappa shape index (κ3) is 1.97. The summed E-state index contributed by atoms with van der Waals surface area (Å²) >= 11 is 0. The van der Waals surface area contributed by atoms with Gasteiger partial charge in [-0.25, -0.2) is 0 Å². The van der Waals surface area contributed by atoms with Crippen molar-refractivity contribution in [3.8, 4) is 0 Å². The Labute approximate surface area is 95.3 Å². The van der Waals surface area contributed by atoms with Crippen molar-refractivity contribution >= 4 is 0 Å². The summed E-state index contributed by atoms with van der Waals surface area (Å²) in [6, 6.07) is 0.0909. The molecular weight excluding hydrogens is 206 g/mol. The van der Waals surface area contributed by atoms with Gasteiger partial charge in [0.2, 0.25) is 11.7 Å². The van der Waals surface area contributed by atoms with Crippen molar-refractivity contribution in [2.75, 3.05) is 7.11 Å². The molecule has 1 aliphatic rings. The topological polar surface area (TPSA) is 74.2 Å². The Bertz CT molecular complexity index is 341. The maximum Gasteiger partial charge on any atom is 0.228 e. The molecule has 1 saturated carbocycles. The van der Waals surface area contributed by atoms with Crippen LogP contribution in [0, 0.1) is 0 Å². The highest BCUT2D eigenvalue weighted by Crippen LogP contribution is 2.42. The number of hydrogen-bond acceptors (Lipinski definition) is 5. The fourth-order valence-corrected chi connectivity index (χ4v) is 1.91. The van der Waals surface area contributed by atoms with Gasteiger partial charge in [-0.3, -0.25) is 0 Å². The second-order valence-corrected chi connectivity index (χ2v) is 4.44. The number of hydrogen-bond donors (Lipinski definition) is 1. The molecule has 5 heteroatoms. The summed E-state index contributed by atoms with van der Waals surface area (Å²) in [5.74, 6) is 1.30. The summed E-state index contributed by atoms with van der Waals surface area (Å²) in [4.78, 5) is 4.38. The van der Waals surface area contributed by atoms with Gasteiger partial charge in [0.1, 0.15) is 5.60 Å². The van der Waals surface area contributed by atoms with Crippen LogP contribution in [0.5, 0.6) is 0 Å². The summed E-state index contributed by atoms with van der Waals surface area (Å²) in [6.07, 6.45) is 4.66. The van der Waals surface area contributed by atoms with E-state index in [-0.39, 0.29) is 11.6 Å². The Morgan fingerprint density at radius 1 is 1.56 bits per heavy atom. The molecule has 1 unspecified atom stereocenters. The van der Waals surface area contributed by atoms with E-state index in [4.69, 9.17) is 15.0 Å². The minimum absolute atomic E-state index is 0.0909. The molecule has 2 N–H and O–H groups in total. The van der Waals surface area contributed by atoms with Gasteiger partial charge in [0.15, 0.2) is 0 Å². The first-order valence-corrected chi connectivity index (χ1v) is 5.84. The average molecular weight is 225 g/mol. The van der Waals surface area contributed by atoms with Gasteiger partial charge in [-0.05, 0) is 25.7 Å². The molecule has 1 aromatic rings. The van der Waals surface area contributed by atoms with Crippen LogP contribution in [-0.4, -0.2) is 23.3 Å². The van der Waals surface area contributed by atoms with Gasteiger partial charge < -0.3 is 15.0 Å². The number of aromatic nitrogens is 2. The van der Waals surface area contributed by atoms with E-state index in [0.717, 1.165) is 25.7 Å². The highest BCUT2D eigenvalue weighted by molar-refractivity contribution is 5.06. The van der Waals surface area contributed by atoms with Crippen molar-refractivity contribution in [1.29, 1.82) is 0 Å². The van der Waals surface area contributed by atoms with Crippen molar-refractivity contribution in [2.24, 2.45) is 5.73 Å². The molecule has 1 aliphatic carbocycles. The molecule has 1 heterocycles. The van der Waals surface area contributed by atoms with Crippen molar-refractivity contribution < 1.29 is 9.26 Å². The molecule has 0 aromatic carbocycles. The molecule has 5 nitrogen and oxygen atoms in total. The maximum absolute atomic E-state index is 5.84. The monoisotopic (exact) mass is 225 g/mol. The van der Waals surface area contributed by atoms with Crippen molar-refractivity contribution in [3.05, 3.63) is 11.7 Å². The standard InChI is InChI=1S/C11H19N3O2/c1-3-8(12)7-9-13-10(14-16-9)11(15-2)5-4-6-11/h8H,3-7,12H2,1-2H3. The normalized spacial score (nSPS) is 20.4. The van der Waals surface area contributed by atoms with Crippen LogP contribution in [0.2, 0.25) is 0 Å². The largest absolute Gasteiger partial charge is 0.370 e. The fraction of sp³-hybridized carbons (Fsp3) is 0.818. The van der Waals surface area contributed by atoms with Crippen LogP contribution in [0.1, 0.15) is 44.3 Å². The lowest BCUT2D eigenvalue weighted by Gasteiger charge is -2.37. The second kappa shape index (κ2) is 4.51. The third-order valence-electron chi connectivity index (χ3n) is 3.39. The zero-order chi connectivity index (χ0) is 11.6. The summed E-state index contributed by atoms with van der Waals surface area (Å²) in [5, 5.41) is 4.00. The Morgan fingerprint density at radius 3 is 2.81 bits per heavy atom. The lowest BCUT2D eigenvalue weighted by molar-refractivity contribution is -0.0858. The van der Waals surface area contributed by atoms with Gasteiger partial charge in [0.05, 0.1) is 0 Å². The Morgan fingerprint density at radius 2 is 2.31 bits per heavy atom. The molecule has 0 spiro atoms. The molecule has 0 bridgehead atoms. The van der Waals surface area contributed by atoms with E-state index in [9.17, 15) is 0 Å². The lowest BCUT2D eigenvalue weighted by Crippen LogP contribution is -2.37. The first kappa shape index (κ1) is 11.5. The molecule has 16 heavy (non-hydrogen) atoms. The fourth-order valence-electron chi connectivity index (χ4n) is 1.91. The summed E-state index contributed by atoms with van der Waals surface area (Å²) in [5.41, 5.74) is 5.55. The van der Waals surface area contributed by atoms with Crippen LogP contribution in [0.15, 0.2) is 4.52 Å². The van der Waals surface area contributed by atoms with E-state index in [1.54, 1.807) is 7.11 Å². The number of nitrogens with zero attached hydrogens (tertiary/aromatic N) is 2. The van der Waals surface area contributed by atoms with Crippen LogP contribution in [0.3, 0.4) is 0 Å². The van der Waals surface area contributed by atoms with Crippen LogP contribution < -0.4 is 5.73 Å². The molecule has 0 saturated heterocycles. The summed E-state index contributed by atoms with van der Waals surface area (Å²) < 4.78 is 10.7. The second-order valence-electron chi connectivity index (χ2n) is 4.44. The van der Waals surface area contributed by atoms with E-state index in [2.05, 4.69) is 10.1 Å². The van der Waals surface area contributed by atoms with Gasteiger partial charge in [-0.2, -0.15) is 4.98 Å². The van der Waals surface area contributed by atoms with E-state index < -0.39 is 0 Å². The molecule has 0 aliphatic heterocycles. The highest BCUT2D eigenvalue weighted by atomic mass is 16.5. The Balaban J connectivity index is 2.07. The first-order chi connectivity index (χ1) is 7.70. The van der Waals surface area contributed by atoms with Crippen molar-refractivity contribution in [3.63, 3.8) is 0 Å². The SMILES string of the molecule is CCC(N)Cc1nc(C2(OC)CCC2)no1. The number of nitrogens with two attached hydrogens (primary N) is 1. The van der Waals surface area contributed by atoms with Crippen molar-refractivity contribution in [1.82, 2.24) is 10.1 Å². The molecule has 90 valence electrons. The highest BCUT2D eigenvalue weighted by Gasteiger charge is 2.43. The van der Waals surface area contributed by atoms with E-state index in [1.807, 2.05) is 6.92 Å². The van der Waals surface area contributed by atoms with Gasteiger partial charge in [0, 0.05) is 19.6 Å². The van der Waals surface area contributed by atoms with Crippen LogP contribution >= 0.6 is 0 Å². The number of methoxy groups -OCH3 is 1. The average Bonchev–Trinajstić information content (AvgIpc) is 2.66. The zero-order valence-corrected chi connectivity index (χ0v) is 9.90. The molecule has 1 fully saturated rings. The first-order valence-electron chi connectivity index (χ1n) is 5.84. The minimum Gasteiger partial charge on any atom is -0.370 e. The smallest absolute Gasteiger partial charge is 0.228 e. The zero-order valence-electron chi connectivity index (χ0n) is 9.90. The Kier molecular flexibility index (Phi) is 3.25. The van der Waals surface area contributed by atoms with Crippen LogP contribution in [0.4, 0.5) is 0 Å². The summed E-state index contributed by atoms with van der Waals surface area (Å²) in [7, 11) is 1.70. The molecule has 1 atom stereocenters. The number of ether oxygens (including phenoxy) is 1. The quantitative estimate of drug-likeness (QED) is 0.819. The van der Waals surface area contributed by atoms with Gasteiger partial charge >= 0.3 is 0 Å². The van der Waals surface area contributed by atoms with Crippen LogP contribution in [0.25, 0.3) is 0 Å². The molecule has 0 amide bonds. The predicted molar refractivity (Wildman–Crippen MR) is 58.8 cm³/mol. The molecule has 2 rings (SSSR count). The van der Waals surface area contributed by atoms with E-state index in [1.165, 1.54) is 0 Å². The summed E-state index contributed by atoms with van der Waals surface area (Å²) in [6.45, 7) is 2.05. The van der Waals surface area contributed by atoms with E-state index >= 15 is 0 Å². The van der Waals surface area contributed by atoms with Gasteiger partial charge in [-0.1, -0.05) is 12.1 Å². The van der Waals surface area contributed by atoms with Gasteiger partial charge in [0.25, 0.3) is 0 Å². The predicted octanol–water partition coefficient (Wildman–Crippen LogP) is 1.37. The van der Waals surface area contributed by atoms with Crippen molar-refractivity contribution in [2.45, 2.75) is 50.7 Å².